The smallest absolute Gasteiger partial charge is 0.316 e. The number of rotatable bonds is 5. The van der Waals surface area contributed by atoms with Crippen LogP contribution >= 0.6 is 0 Å². The van der Waals surface area contributed by atoms with Gasteiger partial charge in [-0.05, 0) is 42.3 Å². The molecule has 1 aliphatic heterocycles. The number of H-pyrrole nitrogens is 1. The molecule has 8 N–H and O–H groups in total. The van der Waals surface area contributed by atoms with Crippen LogP contribution in [0.1, 0.15) is 23.7 Å². The van der Waals surface area contributed by atoms with Gasteiger partial charge in [0.2, 0.25) is 5.91 Å². The van der Waals surface area contributed by atoms with Crippen molar-refractivity contribution in [2.24, 2.45) is 11.5 Å². The van der Waals surface area contributed by atoms with E-state index < -0.39 is 6.03 Å². The van der Waals surface area contributed by atoms with E-state index in [1.165, 1.54) is 0 Å². The molecule has 0 unspecified atom stereocenters. The predicted molar refractivity (Wildman–Crippen MR) is 102 cm³/mol. The third kappa shape index (κ3) is 3.82. The number of aromatic nitrogens is 1. The number of aromatic amines is 1. The number of hydrogen-bond donors (Lipinski definition) is 6. The number of amides is 4. The fourth-order valence-corrected chi connectivity index (χ4v) is 2.92. The predicted octanol–water partition coefficient (Wildman–Crippen LogP) is 0.963. The van der Waals surface area contributed by atoms with Crippen LogP contribution < -0.4 is 27.4 Å². The van der Waals surface area contributed by atoms with Crippen LogP contribution in [0.15, 0.2) is 30.5 Å². The van der Waals surface area contributed by atoms with Crippen LogP contribution in [0, 0.1) is 0 Å². The minimum absolute atomic E-state index is 0.0705. The lowest BCUT2D eigenvalue weighted by atomic mass is 9.99. The molecule has 1 aromatic heterocycles. The van der Waals surface area contributed by atoms with Crippen molar-refractivity contribution in [1.29, 1.82) is 0 Å². The second-order valence-electron chi connectivity index (χ2n) is 6.11. The summed E-state index contributed by atoms with van der Waals surface area (Å²) in [6.45, 7) is 2.09. The summed E-state index contributed by atoms with van der Waals surface area (Å²) in [6.07, 6.45) is 1.76. The average molecular weight is 368 g/mol. The Hall–Kier alpha value is -3.59. The maximum Gasteiger partial charge on any atom is 0.316 e. The zero-order chi connectivity index (χ0) is 19.6. The first-order chi connectivity index (χ1) is 12.9. The summed E-state index contributed by atoms with van der Waals surface area (Å²) in [5, 5.41) is 8.00. The number of nitrogens with one attached hydrogen (secondary N) is 4. The fourth-order valence-electron chi connectivity index (χ4n) is 2.92. The minimum atomic E-state index is -0.678. The van der Waals surface area contributed by atoms with E-state index in [1.807, 2.05) is 13.0 Å². The highest BCUT2D eigenvalue weighted by Crippen LogP contribution is 2.38. The van der Waals surface area contributed by atoms with Gasteiger partial charge in [-0.2, -0.15) is 0 Å². The lowest BCUT2D eigenvalue weighted by Crippen LogP contribution is -2.29. The number of urea groups is 1. The second kappa shape index (κ2) is 7.34. The number of allylic oxidation sites excluding steroid dienone is 1. The van der Waals surface area contributed by atoms with E-state index in [0.29, 0.717) is 29.1 Å². The Labute approximate surface area is 155 Å². The molecule has 0 fully saturated rings. The molecule has 0 aliphatic carbocycles. The molecular weight excluding hydrogens is 348 g/mol. The Morgan fingerprint density at radius 3 is 2.70 bits per heavy atom. The number of carbonyl (C=O) groups excluding carboxylic acids is 3. The maximum absolute atomic E-state index is 12.5. The van der Waals surface area contributed by atoms with Crippen molar-refractivity contribution in [3.63, 3.8) is 0 Å². The van der Waals surface area contributed by atoms with Gasteiger partial charge in [-0.15, -0.1) is 0 Å². The van der Waals surface area contributed by atoms with E-state index in [0.717, 1.165) is 16.8 Å². The van der Waals surface area contributed by atoms with Crippen molar-refractivity contribution in [3.05, 3.63) is 47.3 Å². The van der Waals surface area contributed by atoms with Crippen molar-refractivity contribution in [3.8, 4) is 0 Å². The van der Waals surface area contributed by atoms with Crippen molar-refractivity contribution in [2.45, 2.75) is 13.5 Å². The lowest BCUT2D eigenvalue weighted by Gasteiger charge is -2.07. The highest BCUT2D eigenvalue weighted by molar-refractivity contribution is 6.36. The highest BCUT2D eigenvalue weighted by Gasteiger charge is 2.27. The number of nitrogens with two attached hydrogens (primary N) is 2. The summed E-state index contributed by atoms with van der Waals surface area (Å²) in [6, 6.07) is 6.25. The molecule has 1 aromatic carbocycles. The zero-order valence-electron chi connectivity index (χ0n) is 14.7. The Balaban J connectivity index is 1.92. The number of hydrogen-bond acceptors (Lipinski definition) is 4. The molecule has 140 valence electrons. The number of primary amides is 1. The van der Waals surface area contributed by atoms with Gasteiger partial charge in [-0.25, -0.2) is 4.79 Å². The third-order valence-electron chi connectivity index (χ3n) is 4.23. The van der Waals surface area contributed by atoms with Gasteiger partial charge < -0.3 is 32.4 Å². The molecule has 4 amide bonds. The molecule has 0 saturated heterocycles. The molecule has 0 bridgehead atoms. The van der Waals surface area contributed by atoms with Crippen molar-refractivity contribution >= 4 is 40.4 Å². The van der Waals surface area contributed by atoms with Gasteiger partial charge in [0.15, 0.2) is 0 Å². The number of benzene rings is 1. The summed E-state index contributed by atoms with van der Waals surface area (Å²) in [5.41, 5.74) is 15.1. The van der Waals surface area contributed by atoms with E-state index in [2.05, 4.69) is 20.9 Å². The monoisotopic (exact) mass is 368 g/mol. The first kappa shape index (κ1) is 18.2. The largest absolute Gasteiger partial charge is 0.361 e. The van der Waals surface area contributed by atoms with Crippen LogP contribution in [-0.4, -0.2) is 29.4 Å². The topological polar surface area (TPSA) is 155 Å². The van der Waals surface area contributed by atoms with Crippen molar-refractivity contribution in [1.82, 2.24) is 10.3 Å². The first-order valence-corrected chi connectivity index (χ1v) is 8.26. The molecule has 0 saturated carbocycles. The molecule has 3 rings (SSSR count). The van der Waals surface area contributed by atoms with E-state index in [1.54, 1.807) is 24.4 Å². The van der Waals surface area contributed by atoms with Crippen molar-refractivity contribution < 1.29 is 14.4 Å². The lowest BCUT2D eigenvalue weighted by molar-refractivity contribution is -0.119. The average Bonchev–Trinajstić information content (AvgIpc) is 3.22. The first-order valence-electron chi connectivity index (χ1n) is 8.26. The molecule has 9 heteroatoms. The van der Waals surface area contributed by atoms with Gasteiger partial charge in [0, 0.05) is 35.4 Å². The molecule has 27 heavy (non-hydrogen) atoms. The van der Waals surface area contributed by atoms with E-state index >= 15 is 0 Å². The molecule has 0 spiro atoms. The summed E-state index contributed by atoms with van der Waals surface area (Å²) in [7, 11) is 0. The van der Waals surface area contributed by atoms with Gasteiger partial charge in [-0.3, -0.25) is 9.59 Å². The summed E-state index contributed by atoms with van der Waals surface area (Å²) < 4.78 is 0. The molecule has 2 aromatic rings. The normalized spacial score (nSPS) is 14.4. The quantitative estimate of drug-likeness (QED) is 0.435. The van der Waals surface area contributed by atoms with Gasteiger partial charge in [0.25, 0.3) is 5.91 Å². The maximum atomic E-state index is 12.5. The molecule has 1 aliphatic rings. The van der Waals surface area contributed by atoms with Gasteiger partial charge in [0.05, 0.1) is 12.1 Å². The second-order valence-corrected chi connectivity index (χ2v) is 6.11. The van der Waals surface area contributed by atoms with Gasteiger partial charge in [-0.1, -0.05) is 0 Å². The number of fused-ring (bicyclic) bond motifs is 1. The van der Waals surface area contributed by atoms with Crippen LogP contribution in [0.2, 0.25) is 0 Å². The van der Waals surface area contributed by atoms with E-state index in [9.17, 15) is 14.4 Å². The van der Waals surface area contributed by atoms with Gasteiger partial charge >= 0.3 is 6.03 Å². The Kier molecular flexibility index (Phi) is 4.95. The van der Waals surface area contributed by atoms with Crippen LogP contribution in [0.5, 0.6) is 0 Å². The standard InChI is InChI=1S/C18H20N6O3/c1-9(14-4-10(7-21-14)8-22-15(25)6-19)16-12-5-11(23-18(20)27)2-3-13(12)24-17(16)26/h2-5,7,21H,6,8,19H2,1H3,(H,22,25)(H,24,26)(H3,20,23,27). The van der Waals surface area contributed by atoms with Crippen LogP contribution in [0.3, 0.4) is 0 Å². The zero-order valence-corrected chi connectivity index (χ0v) is 14.7. The van der Waals surface area contributed by atoms with E-state index in [4.69, 9.17) is 11.5 Å². The Morgan fingerprint density at radius 1 is 1.22 bits per heavy atom. The third-order valence-corrected chi connectivity index (χ3v) is 4.23. The summed E-state index contributed by atoms with van der Waals surface area (Å²) in [4.78, 5) is 37.9. The Morgan fingerprint density at radius 2 is 2.00 bits per heavy atom. The highest BCUT2D eigenvalue weighted by atomic mass is 16.2. The number of carbonyl (C=O) groups is 3. The van der Waals surface area contributed by atoms with Crippen LogP contribution in [-0.2, 0) is 16.1 Å². The molecule has 9 nitrogen and oxygen atoms in total. The molecular formula is C18H20N6O3. The summed E-state index contributed by atoms with van der Waals surface area (Å²) in [5.74, 6) is -0.474. The van der Waals surface area contributed by atoms with Crippen molar-refractivity contribution in [2.75, 3.05) is 17.2 Å². The molecule has 0 radical (unpaired) electrons. The molecule has 2 heterocycles. The van der Waals surface area contributed by atoms with Gasteiger partial charge in [0.1, 0.15) is 0 Å². The fraction of sp³-hybridized carbons (Fsp3) is 0.167. The Bertz CT molecular complexity index is 960. The van der Waals surface area contributed by atoms with Crippen LogP contribution in [0.4, 0.5) is 16.2 Å². The summed E-state index contributed by atoms with van der Waals surface area (Å²) >= 11 is 0. The number of anilines is 2. The van der Waals surface area contributed by atoms with Crippen LogP contribution in [0.25, 0.3) is 11.1 Å². The van der Waals surface area contributed by atoms with E-state index in [-0.39, 0.29) is 18.4 Å². The minimum Gasteiger partial charge on any atom is -0.361 e. The SMILES string of the molecule is CC(=C1C(=O)Nc2ccc(NC(N)=O)cc21)c1cc(CNC(=O)CN)c[nH]1. The molecule has 0 atom stereocenters.